The summed E-state index contributed by atoms with van der Waals surface area (Å²) < 4.78 is 0. The maximum Gasteiger partial charge on any atom is 0.0572 e. The van der Waals surface area contributed by atoms with Crippen LogP contribution in [0.1, 0.15) is 0 Å². The first kappa shape index (κ1) is 6.21. The Bertz CT molecular complexity index is 22.8. The highest BCUT2D eigenvalue weighted by molar-refractivity contribution is 6.18. The molecule has 0 amide bonds. The minimum absolute atomic E-state index is 0.591. The monoisotopic (exact) mass is 109 g/mol. The predicted octanol–water partition coefficient (Wildman–Crippen LogP) is 0.376. The molecule has 0 saturated carbocycles. The fourth-order valence-corrected chi connectivity index (χ4v) is 0.218. The highest BCUT2D eigenvalue weighted by atomic mass is 35.5. The van der Waals surface area contributed by atoms with Gasteiger partial charge in [0.15, 0.2) is 0 Å². The molecule has 6 heavy (non-hydrogen) atoms. The molecule has 38 valence electrons. The lowest BCUT2D eigenvalue weighted by molar-refractivity contribution is 0.0968. The van der Waals surface area contributed by atoms with Crippen molar-refractivity contribution in [3.63, 3.8) is 0 Å². The summed E-state index contributed by atoms with van der Waals surface area (Å²) >= 11 is 5.24. The third-order valence-electron chi connectivity index (χ3n) is 0.341. The van der Waals surface area contributed by atoms with E-state index in [4.69, 9.17) is 11.6 Å². The Morgan fingerprint density at radius 3 is 2.67 bits per heavy atom. The second-order valence-electron chi connectivity index (χ2n) is 0.787. The maximum atomic E-state index is 5.24. The topological polar surface area (TPSA) is 21.3 Å². The predicted molar refractivity (Wildman–Crippen MR) is 25.7 cm³/mol. The van der Waals surface area contributed by atoms with E-state index < -0.39 is 0 Å². The van der Waals surface area contributed by atoms with Gasteiger partial charge < -0.3 is 4.84 Å². The highest BCUT2D eigenvalue weighted by Crippen LogP contribution is 1.66. The minimum Gasteiger partial charge on any atom is -0.305 e. The summed E-state index contributed by atoms with van der Waals surface area (Å²) in [6.07, 6.45) is 0. The van der Waals surface area contributed by atoms with Crippen molar-refractivity contribution in [1.29, 1.82) is 0 Å². The second-order valence-corrected chi connectivity index (χ2v) is 1.17. The van der Waals surface area contributed by atoms with Crippen LogP contribution >= 0.6 is 11.6 Å². The van der Waals surface area contributed by atoms with Crippen molar-refractivity contribution in [1.82, 2.24) is 5.48 Å². The van der Waals surface area contributed by atoms with Crippen molar-refractivity contribution in [2.24, 2.45) is 0 Å². The van der Waals surface area contributed by atoms with Crippen LogP contribution in [-0.4, -0.2) is 19.5 Å². The van der Waals surface area contributed by atoms with E-state index in [2.05, 4.69) is 10.3 Å². The lowest BCUT2D eigenvalue weighted by Gasteiger charge is -1.92. The third kappa shape index (κ3) is 4.21. The van der Waals surface area contributed by atoms with Gasteiger partial charge in [-0.25, -0.2) is 5.48 Å². The van der Waals surface area contributed by atoms with Gasteiger partial charge in [-0.1, -0.05) is 0 Å². The zero-order chi connectivity index (χ0) is 4.83. The molecule has 0 spiro atoms. The van der Waals surface area contributed by atoms with Gasteiger partial charge >= 0.3 is 0 Å². The van der Waals surface area contributed by atoms with Gasteiger partial charge in [0.25, 0.3) is 0 Å². The van der Waals surface area contributed by atoms with Crippen LogP contribution in [0.5, 0.6) is 0 Å². The molecular formula is C3H8ClNO. The first-order valence-electron chi connectivity index (χ1n) is 1.73. The van der Waals surface area contributed by atoms with Crippen molar-refractivity contribution >= 4 is 11.6 Å². The molecule has 0 aromatic heterocycles. The molecule has 0 atom stereocenters. The van der Waals surface area contributed by atoms with Crippen molar-refractivity contribution < 1.29 is 4.84 Å². The van der Waals surface area contributed by atoms with Crippen LogP contribution in [0, 0.1) is 0 Å². The van der Waals surface area contributed by atoms with Crippen molar-refractivity contribution in [3.05, 3.63) is 0 Å². The smallest absolute Gasteiger partial charge is 0.0572 e. The first-order chi connectivity index (χ1) is 2.91. The van der Waals surface area contributed by atoms with Gasteiger partial charge in [0, 0.05) is 12.4 Å². The van der Waals surface area contributed by atoms with E-state index in [9.17, 15) is 0 Å². The average molecular weight is 110 g/mol. The molecule has 3 heteroatoms. The van der Waals surface area contributed by atoms with E-state index in [1.54, 1.807) is 7.11 Å². The van der Waals surface area contributed by atoms with E-state index in [-0.39, 0.29) is 0 Å². The molecule has 0 rings (SSSR count). The molecule has 0 saturated heterocycles. The number of nitrogens with one attached hydrogen (secondary N) is 1. The van der Waals surface area contributed by atoms with Crippen LogP contribution in [0.25, 0.3) is 0 Å². The first-order valence-corrected chi connectivity index (χ1v) is 2.27. The van der Waals surface area contributed by atoms with Crippen LogP contribution < -0.4 is 5.48 Å². The molecule has 0 aromatic carbocycles. The lowest BCUT2D eigenvalue weighted by atomic mass is 10.8. The molecule has 0 aliphatic heterocycles. The summed E-state index contributed by atoms with van der Waals surface area (Å²) in [5.41, 5.74) is 2.57. The fourth-order valence-electron chi connectivity index (χ4n) is 0.141. The second kappa shape index (κ2) is 5.21. The van der Waals surface area contributed by atoms with E-state index in [1.165, 1.54) is 0 Å². The Kier molecular flexibility index (Phi) is 5.39. The summed E-state index contributed by atoms with van der Waals surface area (Å²) in [7, 11) is 1.56. The SMILES string of the molecule is CONCCCl. The highest BCUT2D eigenvalue weighted by Gasteiger charge is 1.73. The standard InChI is InChI=1S/C3H8ClNO/c1-6-5-3-2-4/h5H,2-3H2,1H3. The Balaban J connectivity index is 2.34. The summed E-state index contributed by atoms with van der Waals surface area (Å²) in [5.74, 6) is 0.591. The van der Waals surface area contributed by atoms with Gasteiger partial charge in [0.05, 0.1) is 7.11 Å². The summed E-state index contributed by atoms with van der Waals surface area (Å²) in [4.78, 5) is 4.45. The van der Waals surface area contributed by atoms with E-state index in [1.807, 2.05) is 0 Å². The van der Waals surface area contributed by atoms with Crippen molar-refractivity contribution in [2.75, 3.05) is 19.5 Å². The molecule has 0 unspecified atom stereocenters. The summed E-state index contributed by atoms with van der Waals surface area (Å²) in [5, 5.41) is 0. The van der Waals surface area contributed by atoms with E-state index in [0.29, 0.717) is 12.4 Å². The number of hydroxylamine groups is 1. The van der Waals surface area contributed by atoms with Crippen LogP contribution in [0.2, 0.25) is 0 Å². The van der Waals surface area contributed by atoms with Crippen molar-refractivity contribution in [2.45, 2.75) is 0 Å². The molecule has 0 aliphatic rings. The molecule has 1 N–H and O–H groups in total. The third-order valence-corrected chi connectivity index (χ3v) is 0.530. The van der Waals surface area contributed by atoms with Crippen LogP contribution in [0.3, 0.4) is 0 Å². The number of hydrogen-bond donors (Lipinski definition) is 1. The van der Waals surface area contributed by atoms with Gasteiger partial charge in [-0.05, 0) is 0 Å². The Morgan fingerprint density at radius 2 is 2.50 bits per heavy atom. The van der Waals surface area contributed by atoms with Gasteiger partial charge in [-0.3, -0.25) is 0 Å². The zero-order valence-electron chi connectivity index (χ0n) is 3.70. The number of alkyl halides is 1. The molecule has 0 radical (unpaired) electrons. The largest absolute Gasteiger partial charge is 0.305 e. The minimum atomic E-state index is 0.591. The maximum absolute atomic E-state index is 5.24. The van der Waals surface area contributed by atoms with Crippen LogP contribution in [0.4, 0.5) is 0 Å². The molecule has 0 fully saturated rings. The van der Waals surface area contributed by atoms with Gasteiger partial charge in [0.2, 0.25) is 0 Å². The molecule has 0 bridgehead atoms. The lowest BCUT2D eigenvalue weighted by Crippen LogP contribution is -2.13. The Labute approximate surface area is 42.4 Å². The van der Waals surface area contributed by atoms with Gasteiger partial charge in [-0.15, -0.1) is 11.6 Å². The quantitative estimate of drug-likeness (QED) is 0.321. The Morgan fingerprint density at radius 1 is 1.83 bits per heavy atom. The average Bonchev–Trinajstić information content (AvgIpc) is 1.61. The number of halogens is 1. The molecule has 0 aromatic rings. The zero-order valence-corrected chi connectivity index (χ0v) is 4.46. The number of rotatable bonds is 3. The van der Waals surface area contributed by atoms with E-state index >= 15 is 0 Å². The normalized spacial score (nSPS) is 9.00. The molecular weight excluding hydrogens is 101 g/mol. The number of hydrogen-bond acceptors (Lipinski definition) is 2. The summed E-state index contributed by atoms with van der Waals surface area (Å²) in [6.45, 7) is 0.706. The van der Waals surface area contributed by atoms with Crippen LogP contribution in [0.15, 0.2) is 0 Å². The van der Waals surface area contributed by atoms with Gasteiger partial charge in [-0.2, -0.15) is 0 Å². The Hall–Kier alpha value is 0.210. The fraction of sp³-hybridized carbons (Fsp3) is 1.00. The van der Waals surface area contributed by atoms with Gasteiger partial charge in [0.1, 0.15) is 0 Å². The molecule has 2 nitrogen and oxygen atoms in total. The molecule has 0 heterocycles. The van der Waals surface area contributed by atoms with Crippen LogP contribution in [-0.2, 0) is 4.84 Å². The molecule has 0 aliphatic carbocycles. The van der Waals surface area contributed by atoms with Crippen molar-refractivity contribution in [3.8, 4) is 0 Å². The van der Waals surface area contributed by atoms with E-state index in [0.717, 1.165) is 0 Å². The summed E-state index contributed by atoms with van der Waals surface area (Å²) in [6, 6.07) is 0.